The first kappa shape index (κ1) is 11.2. The van der Waals surface area contributed by atoms with Crippen LogP contribution in [0, 0.1) is 0 Å². The van der Waals surface area contributed by atoms with Gasteiger partial charge in [0.1, 0.15) is 0 Å². The number of nitrogens with zero attached hydrogens (tertiary/aromatic N) is 1. The lowest BCUT2D eigenvalue weighted by Crippen LogP contribution is -2.30. The van der Waals surface area contributed by atoms with Crippen LogP contribution in [-0.4, -0.2) is 24.1 Å². The maximum absolute atomic E-state index is 11.3. The van der Waals surface area contributed by atoms with E-state index in [1.165, 1.54) is 5.06 Å². The Kier molecular flexibility index (Phi) is 6.38. The van der Waals surface area contributed by atoms with Gasteiger partial charge in [-0.05, 0) is 13.3 Å². The Bertz CT molecular complexity index is 145. The molecule has 12 heavy (non-hydrogen) atoms. The van der Waals surface area contributed by atoms with Crippen molar-refractivity contribution in [2.45, 2.75) is 26.7 Å². The van der Waals surface area contributed by atoms with Gasteiger partial charge in [0.25, 0.3) is 0 Å². The van der Waals surface area contributed by atoms with Crippen molar-refractivity contribution in [3.05, 3.63) is 12.7 Å². The van der Waals surface area contributed by atoms with E-state index in [1.54, 1.807) is 6.08 Å². The first-order valence-corrected chi connectivity index (χ1v) is 4.30. The number of rotatable bonds is 6. The van der Waals surface area contributed by atoms with Crippen LogP contribution in [0.4, 0.5) is 0 Å². The van der Waals surface area contributed by atoms with Crippen LogP contribution in [0.15, 0.2) is 12.7 Å². The standard InChI is InChI=1S/C9H17NO2/c1-4-7-9(11)10(8-5-2)12-6-3/h5H,2,4,6-8H2,1,3H3. The topological polar surface area (TPSA) is 29.5 Å². The SMILES string of the molecule is C=CCN(OCC)C(=O)CCC. The van der Waals surface area contributed by atoms with Gasteiger partial charge in [-0.1, -0.05) is 13.0 Å². The predicted molar refractivity (Wildman–Crippen MR) is 48.4 cm³/mol. The molecule has 0 unspecified atom stereocenters. The molecule has 0 bridgehead atoms. The van der Waals surface area contributed by atoms with Crippen molar-refractivity contribution in [2.75, 3.05) is 13.2 Å². The van der Waals surface area contributed by atoms with Crippen LogP contribution in [0.2, 0.25) is 0 Å². The summed E-state index contributed by atoms with van der Waals surface area (Å²) in [5.74, 6) is 0.0271. The Morgan fingerprint density at radius 1 is 1.58 bits per heavy atom. The highest BCUT2D eigenvalue weighted by Crippen LogP contribution is 1.98. The highest BCUT2D eigenvalue weighted by molar-refractivity contribution is 5.75. The number of hydroxylamine groups is 2. The zero-order chi connectivity index (χ0) is 9.40. The summed E-state index contributed by atoms with van der Waals surface area (Å²) in [6.07, 6.45) is 3.04. The van der Waals surface area contributed by atoms with E-state index in [0.29, 0.717) is 19.6 Å². The second-order valence-corrected chi connectivity index (χ2v) is 2.41. The normalized spacial score (nSPS) is 9.50. The molecular formula is C9H17NO2. The largest absolute Gasteiger partial charge is 0.273 e. The fourth-order valence-corrected chi connectivity index (χ4v) is 0.838. The molecule has 3 heteroatoms. The summed E-state index contributed by atoms with van der Waals surface area (Å²) in [5.41, 5.74) is 0. The van der Waals surface area contributed by atoms with Crippen molar-refractivity contribution < 1.29 is 9.63 Å². The van der Waals surface area contributed by atoms with E-state index in [4.69, 9.17) is 4.84 Å². The average Bonchev–Trinajstić information content (AvgIpc) is 2.04. The minimum atomic E-state index is 0.0271. The molecule has 0 N–H and O–H groups in total. The molecule has 0 aromatic carbocycles. The number of carbonyl (C=O) groups is 1. The zero-order valence-electron chi connectivity index (χ0n) is 7.88. The smallest absolute Gasteiger partial charge is 0.246 e. The van der Waals surface area contributed by atoms with E-state index < -0.39 is 0 Å². The third-order valence-corrected chi connectivity index (χ3v) is 1.32. The fourth-order valence-electron chi connectivity index (χ4n) is 0.838. The first-order valence-electron chi connectivity index (χ1n) is 4.30. The third-order valence-electron chi connectivity index (χ3n) is 1.32. The lowest BCUT2D eigenvalue weighted by Gasteiger charge is -2.18. The molecular weight excluding hydrogens is 154 g/mol. The van der Waals surface area contributed by atoms with Gasteiger partial charge in [0.15, 0.2) is 0 Å². The summed E-state index contributed by atoms with van der Waals surface area (Å²) in [4.78, 5) is 16.4. The quantitative estimate of drug-likeness (QED) is 0.450. The van der Waals surface area contributed by atoms with Gasteiger partial charge >= 0.3 is 0 Å². The molecule has 0 aromatic rings. The molecule has 0 aliphatic heterocycles. The molecule has 1 amide bonds. The number of amides is 1. The zero-order valence-corrected chi connectivity index (χ0v) is 7.88. The molecule has 70 valence electrons. The van der Waals surface area contributed by atoms with Gasteiger partial charge in [0.05, 0.1) is 13.2 Å². The summed E-state index contributed by atoms with van der Waals surface area (Å²) >= 11 is 0. The van der Waals surface area contributed by atoms with E-state index in [1.807, 2.05) is 13.8 Å². The Morgan fingerprint density at radius 3 is 2.67 bits per heavy atom. The van der Waals surface area contributed by atoms with Crippen molar-refractivity contribution >= 4 is 5.91 Å². The lowest BCUT2D eigenvalue weighted by atomic mass is 10.3. The number of hydrogen-bond acceptors (Lipinski definition) is 2. The van der Waals surface area contributed by atoms with Crippen molar-refractivity contribution in [1.29, 1.82) is 0 Å². The molecule has 0 aromatic heterocycles. The van der Waals surface area contributed by atoms with E-state index >= 15 is 0 Å². The van der Waals surface area contributed by atoms with Gasteiger partial charge in [-0.25, -0.2) is 5.06 Å². The van der Waals surface area contributed by atoms with Crippen LogP contribution in [0.3, 0.4) is 0 Å². The Morgan fingerprint density at radius 2 is 2.25 bits per heavy atom. The van der Waals surface area contributed by atoms with E-state index in [-0.39, 0.29) is 5.91 Å². The predicted octanol–water partition coefficient (Wildman–Crippen LogP) is 1.75. The van der Waals surface area contributed by atoms with Gasteiger partial charge in [0, 0.05) is 6.42 Å². The highest BCUT2D eigenvalue weighted by Gasteiger charge is 2.09. The Hall–Kier alpha value is -0.830. The van der Waals surface area contributed by atoms with Crippen LogP contribution < -0.4 is 0 Å². The molecule has 0 saturated heterocycles. The van der Waals surface area contributed by atoms with Gasteiger partial charge in [-0.15, -0.1) is 6.58 Å². The molecule has 3 nitrogen and oxygen atoms in total. The van der Waals surface area contributed by atoms with E-state index in [2.05, 4.69) is 6.58 Å². The molecule has 0 rings (SSSR count). The second-order valence-electron chi connectivity index (χ2n) is 2.41. The average molecular weight is 171 g/mol. The van der Waals surface area contributed by atoms with Crippen molar-refractivity contribution in [3.63, 3.8) is 0 Å². The molecule has 0 saturated carbocycles. The van der Waals surface area contributed by atoms with Crippen molar-refractivity contribution in [3.8, 4) is 0 Å². The van der Waals surface area contributed by atoms with Gasteiger partial charge in [0.2, 0.25) is 5.91 Å². The molecule has 0 aliphatic rings. The van der Waals surface area contributed by atoms with Crippen molar-refractivity contribution in [2.24, 2.45) is 0 Å². The molecule has 0 spiro atoms. The highest BCUT2D eigenvalue weighted by atomic mass is 16.7. The summed E-state index contributed by atoms with van der Waals surface area (Å²) < 4.78 is 0. The van der Waals surface area contributed by atoms with E-state index in [0.717, 1.165) is 6.42 Å². The summed E-state index contributed by atoms with van der Waals surface area (Å²) in [6.45, 7) is 8.36. The first-order chi connectivity index (χ1) is 5.76. The van der Waals surface area contributed by atoms with E-state index in [9.17, 15) is 4.79 Å². The second kappa shape index (κ2) is 6.85. The van der Waals surface area contributed by atoms with Gasteiger partial charge in [-0.2, -0.15) is 0 Å². The minimum Gasteiger partial charge on any atom is -0.273 e. The number of carbonyl (C=O) groups excluding carboxylic acids is 1. The van der Waals surface area contributed by atoms with Gasteiger partial charge in [-0.3, -0.25) is 9.63 Å². The Balaban J connectivity index is 3.89. The summed E-state index contributed by atoms with van der Waals surface area (Å²) in [6, 6.07) is 0. The summed E-state index contributed by atoms with van der Waals surface area (Å²) in [5, 5.41) is 1.36. The monoisotopic (exact) mass is 171 g/mol. The van der Waals surface area contributed by atoms with Crippen molar-refractivity contribution in [1.82, 2.24) is 5.06 Å². The number of hydrogen-bond donors (Lipinski definition) is 0. The van der Waals surface area contributed by atoms with Crippen LogP contribution >= 0.6 is 0 Å². The van der Waals surface area contributed by atoms with Crippen LogP contribution in [0.1, 0.15) is 26.7 Å². The molecule has 0 fully saturated rings. The maximum atomic E-state index is 11.3. The molecule has 0 heterocycles. The molecule has 0 aliphatic carbocycles. The van der Waals surface area contributed by atoms with Crippen LogP contribution in [-0.2, 0) is 9.63 Å². The van der Waals surface area contributed by atoms with Crippen LogP contribution in [0.25, 0.3) is 0 Å². The van der Waals surface area contributed by atoms with Gasteiger partial charge < -0.3 is 0 Å². The minimum absolute atomic E-state index is 0.0271. The summed E-state index contributed by atoms with van der Waals surface area (Å²) in [7, 11) is 0. The lowest BCUT2D eigenvalue weighted by molar-refractivity contribution is -0.181. The molecule has 0 atom stereocenters. The molecule has 0 radical (unpaired) electrons. The third kappa shape index (κ3) is 4.13. The maximum Gasteiger partial charge on any atom is 0.246 e. The Labute approximate surface area is 74.0 Å². The fraction of sp³-hybridized carbons (Fsp3) is 0.667. The van der Waals surface area contributed by atoms with Crippen LogP contribution in [0.5, 0.6) is 0 Å².